The molecule has 0 spiro atoms. The van der Waals surface area contributed by atoms with Gasteiger partial charge in [0, 0.05) is 22.7 Å². The van der Waals surface area contributed by atoms with Gasteiger partial charge in [-0.25, -0.2) is 0 Å². The summed E-state index contributed by atoms with van der Waals surface area (Å²) in [7, 11) is 1.69. The quantitative estimate of drug-likeness (QED) is 0.668. The molecule has 1 heterocycles. The van der Waals surface area contributed by atoms with Crippen molar-refractivity contribution in [3.8, 4) is 17.1 Å². The Kier molecular flexibility index (Phi) is 5.24. The Labute approximate surface area is 147 Å². The number of rotatable bonds is 6. The summed E-state index contributed by atoms with van der Waals surface area (Å²) in [6.45, 7) is 3.37. The van der Waals surface area contributed by atoms with Crippen molar-refractivity contribution in [2.75, 3.05) is 7.11 Å². The van der Waals surface area contributed by atoms with E-state index in [1.54, 1.807) is 7.11 Å². The molecule has 0 radical (unpaired) electrons. The van der Waals surface area contributed by atoms with Crippen LogP contribution in [0.1, 0.15) is 16.9 Å². The number of hydrogen-bond acceptors (Lipinski definition) is 3. The lowest BCUT2D eigenvalue weighted by Gasteiger charge is -2.08. The summed E-state index contributed by atoms with van der Waals surface area (Å²) in [4.78, 5) is 0. The van der Waals surface area contributed by atoms with E-state index in [1.165, 1.54) is 0 Å². The third-order valence-electron chi connectivity index (χ3n) is 4.00. The van der Waals surface area contributed by atoms with Crippen LogP contribution in [0.25, 0.3) is 11.3 Å². The fourth-order valence-electron chi connectivity index (χ4n) is 2.66. The molecule has 0 saturated heterocycles. The van der Waals surface area contributed by atoms with Gasteiger partial charge in [-0.1, -0.05) is 41.9 Å². The topological polar surface area (TPSA) is 34.4 Å². The molecule has 4 heteroatoms. The number of halogens is 1. The number of nitrogens with one attached hydrogen (secondary N) is 1. The largest absolute Gasteiger partial charge is 0.496 e. The zero-order valence-corrected chi connectivity index (χ0v) is 14.6. The van der Waals surface area contributed by atoms with Crippen molar-refractivity contribution >= 4 is 11.6 Å². The van der Waals surface area contributed by atoms with E-state index in [0.717, 1.165) is 45.5 Å². The Morgan fingerprint density at radius 3 is 2.67 bits per heavy atom. The standard InChI is InChI=1S/C20H20ClNO2/c1-14-17(7-5-8-18(14)21)20-11-10-16(24-20)13-22-12-15-6-3-4-9-19(15)23-2/h3-11,22H,12-13H2,1-2H3. The summed E-state index contributed by atoms with van der Waals surface area (Å²) in [6, 6.07) is 17.8. The van der Waals surface area contributed by atoms with Crippen molar-refractivity contribution < 1.29 is 9.15 Å². The molecule has 3 nitrogen and oxygen atoms in total. The Hall–Kier alpha value is -2.23. The van der Waals surface area contributed by atoms with Crippen LogP contribution in [0.5, 0.6) is 5.75 Å². The highest BCUT2D eigenvalue weighted by molar-refractivity contribution is 6.31. The first-order chi connectivity index (χ1) is 11.7. The van der Waals surface area contributed by atoms with E-state index in [9.17, 15) is 0 Å². The number of benzene rings is 2. The first kappa shape index (κ1) is 16.6. The van der Waals surface area contributed by atoms with Crippen molar-refractivity contribution in [1.29, 1.82) is 0 Å². The second kappa shape index (κ2) is 7.56. The van der Waals surface area contributed by atoms with E-state index in [1.807, 2.05) is 55.5 Å². The van der Waals surface area contributed by atoms with E-state index in [2.05, 4.69) is 11.4 Å². The van der Waals surface area contributed by atoms with Crippen LogP contribution in [0.3, 0.4) is 0 Å². The van der Waals surface area contributed by atoms with Crippen molar-refractivity contribution in [1.82, 2.24) is 5.32 Å². The van der Waals surface area contributed by atoms with Crippen molar-refractivity contribution in [2.24, 2.45) is 0 Å². The van der Waals surface area contributed by atoms with E-state index in [0.29, 0.717) is 6.54 Å². The van der Waals surface area contributed by atoms with Gasteiger partial charge in [-0.3, -0.25) is 0 Å². The summed E-state index contributed by atoms with van der Waals surface area (Å²) in [5, 5.41) is 4.13. The Morgan fingerprint density at radius 2 is 1.83 bits per heavy atom. The molecule has 0 bridgehead atoms. The molecule has 3 rings (SSSR count). The Morgan fingerprint density at radius 1 is 1.00 bits per heavy atom. The van der Waals surface area contributed by atoms with E-state index in [4.69, 9.17) is 20.8 Å². The van der Waals surface area contributed by atoms with Gasteiger partial charge < -0.3 is 14.5 Å². The lowest BCUT2D eigenvalue weighted by molar-refractivity contribution is 0.406. The van der Waals surface area contributed by atoms with Crippen LogP contribution < -0.4 is 10.1 Å². The van der Waals surface area contributed by atoms with Gasteiger partial charge >= 0.3 is 0 Å². The average molecular weight is 342 g/mol. The molecule has 0 fully saturated rings. The SMILES string of the molecule is COc1ccccc1CNCc1ccc(-c2cccc(Cl)c2C)o1. The minimum Gasteiger partial charge on any atom is -0.496 e. The molecule has 0 amide bonds. The summed E-state index contributed by atoms with van der Waals surface area (Å²) in [5.41, 5.74) is 3.18. The van der Waals surface area contributed by atoms with Gasteiger partial charge in [-0.05, 0) is 36.8 Å². The van der Waals surface area contributed by atoms with Crippen LogP contribution in [0.4, 0.5) is 0 Å². The fourth-order valence-corrected chi connectivity index (χ4v) is 2.84. The molecule has 24 heavy (non-hydrogen) atoms. The lowest BCUT2D eigenvalue weighted by Crippen LogP contribution is -2.12. The van der Waals surface area contributed by atoms with Crippen molar-refractivity contribution in [3.05, 3.63) is 76.5 Å². The highest BCUT2D eigenvalue weighted by atomic mass is 35.5. The molecule has 0 aliphatic rings. The molecule has 0 unspecified atom stereocenters. The molecular formula is C20H20ClNO2. The minimum absolute atomic E-state index is 0.650. The van der Waals surface area contributed by atoms with Crippen LogP contribution in [0.15, 0.2) is 59.0 Å². The zero-order valence-electron chi connectivity index (χ0n) is 13.8. The predicted octanol–water partition coefficient (Wildman–Crippen LogP) is 5.21. The molecule has 124 valence electrons. The third-order valence-corrected chi connectivity index (χ3v) is 4.41. The minimum atomic E-state index is 0.650. The van der Waals surface area contributed by atoms with E-state index in [-0.39, 0.29) is 0 Å². The number of furan rings is 1. The van der Waals surface area contributed by atoms with Gasteiger partial charge in [-0.2, -0.15) is 0 Å². The summed E-state index contributed by atoms with van der Waals surface area (Å²) in [6.07, 6.45) is 0. The average Bonchev–Trinajstić information content (AvgIpc) is 3.06. The summed E-state index contributed by atoms with van der Waals surface area (Å²) >= 11 is 6.18. The van der Waals surface area contributed by atoms with Gasteiger partial charge in [0.25, 0.3) is 0 Å². The molecule has 0 aliphatic heterocycles. The van der Waals surface area contributed by atoms with Crippen LogP contribution in [-0.2, 0) is 13.1 Å². The number of para-hydroxylation sites is 1. The molecule has 3 aromatic rings. The summed E-state index contributed by atoms with van der Waals surface area (Å²) in [5.74, 6) is 2.61. The van der Waals surface area contributed by atoms with Gasteiger partial charge in [-0.15, -0.1) is 0 Å². The maximum Gasteiger partial charge on any atom is 0.134 e. The molecule has 1 aromatic heterocycles. The molecular weight excluding hydrogens is 322 g/mol. The smallest absolute Gasteiger partial charge is 0.134 e. The fraction of sp³-hybridized carbons (Fsp3) is 0.200. The third kappa shape index (κ3) is 3.64. The molecule has 0 atom stereocenters. The monoisotopic (exact) mass is 341 g/mol. The van der Waals surface area contributed by atoms with Crippen molar-refractivity contribution in [2.45, 2.75) is 20.0 Å². The molecule has 2 aromatic carbocycles. The van der Waals surface area contributed by atoms with Crippen LogP contribution in [0.2, 0.25) is 5.02 Å². The normalized spacial score (nSPS) is 10.8. The molecule has 0 saturated carbocycles. The second-order valence-electron chi connectivity index (χ2n) is 5.59. The highest BCUT2D eigenvalue weighted by Crippen LogP contribution is 2.29. The van der Waals surface area contributed by atoms with Gasteiger partial charge in [0.2, 0.25) is 0 Å². The lowest BCUT2D eigenvalue weighted by atomic mass is 10.1. The Balaban J connectivity index is 1.65. The van der Waals surface area contributed by atoms with Crippen molar-refractivity contribution in [3.63, 3.8) is 0 Å². The predicted molar refractivity (Wildman–Crippen MR) is 97.4 cm³/mol. The number of hydrogen-bond donors (Lipinski definition) is 1. The van der Waals surface area contributed by atoms with Crippen LogP contribution in [0, 0.1) is 6.92 Å². The molecule has 1 N–H and O–H groups in total. The van der Waals surface area contributed by atoms with Crippen LogP contribution >= 0.6 is 11.6 Å². The van der Waals surface area contributed by atoms with E-state index >= 15 is 0 Å². The highest BCUT2D eigenvalue weighted by Gasteiger charge is 2.09. The Bertz CT molecular complexity index is 826. The first-order valence-corrected chi connectivity index (χ1v) is 8.23. The second-order valence-corrected chi connectivity index (χ2v) is 6.00. The zero-order chi connectivity index (χ0) is 16.9. The van der Waals surface area contributed by atoms with Crippen LogP contribution in [-0.4, -0.2) is 7.11 Å². The first-order valence-electron chi connectivity index (χ1n) is 7.86. The van der Waals surface area contributed by atoms with E-state index < -0.39 is 0 Å². The molecule has 0 aliphatic carbocycles. The maximum atomic E-state index is 6.18. The van der Waals surface area contributed by atoms with Gasteiger partial charge in [0.05, 0.1) is 13.7 Å². The van der Waals surface area contributed by atoms with Gasteiger partial charge in [0.1, 0.15) is 17.3 Å². The summed E-state index contributed by atoms with van der Waals surface area (Å²) < 4.78 is 11.3. The number of methoxy groups -OCH3 is 1. The maximum absolute atomic E-state index is 6.18. The number of ether oxygens (including phenoxy) is 1. The van der Waals surface area contributed by atoms with Gasteiger partial charge in [0.15, 0.2) is 0 Å².